The highest BCUT2D eigenvalue weighted by molar-refractivity contribution is 6.30. The van der Waals surface area contributed by atoms with E-state index >= 15 is 0 Å². The van der Waals surface area contributed by atoms with Crippen LogP contribution in [0.1, 0.15) is 24.2 Å². The number of halogens is 2. The third-order valence-electron chi connectivity index (χ3n) is 3.18. The Bertz CT molecular complexity index is 584. The van der Waals surface area contributed by atoms with Gasteiger partial charge in [-0.2, -0.15) is 0 Å². The highest BCUT2D eigenvalue weighted by Gasteiger charge is 2.13. The summed E-state index contributed by atoms with van der Waals surface area (Å²) < 4.78 is 13.3. The fourth-order valence-corrected chi connectivity index (χ4v) is 2.28. The SMILES string of the molecule is C[C@H](O)c1cc(F)ccc1N(C)Cc1ccc(Cl)cc1. The van der Waals surface area contributed by atoms with Crippen molar-refractivity contribution in [3.8, 4) is 0 Å². The van der Waals surface area contributed by atoms with Crippen molar-refractivity contribution in [3.63, 3.8) is 0 Å². The fourth-order valence-electron chi connectivity index (χ4n) is 2.16. The second kappa shape index (κ2) is 6.25. The lowest BCUT2D eigenvalue weighted by atomic mass is 10.1. The average molecular weight is 294 g/mol. The Labute approximate surface area is 123 Å². The van der Waals surface area contributed by atoms with Gasteiger partial charge in [-0.15, -0.1) is 0 Å². The first-order valence-corrected chi connectivity index (χ1v) is 6.78. The van der Waals surface area contributed by atoms with Crippen molar-refractivity contribution in [2.75, 3.05) is 11.9 Å². The number of hydrogen-bond donors (Lipinski definition) is 1. The summed E-state index contributed by atoms with van der Waals surface area (Å²) in [6.45, 7) is 2.29. The lowest BCUT2D eigenvalue weighted by molar-refractivity contribution is 0.199. The quantitative estimate of drug-likeness (QED) is 0.914. The zero-order chi connectivity index (χ0) is 14.7. The van der Waals surface area contributed by atoms with Crippen LogP contribution < -0.4 is 4.90 Å². The molecule has 2 nitrogen and oxygen atoms in total. The van der Waals surface area contributed by atoms with Crippen LogP contribution in [0.25, 0.3) is 0 Å². The molecule has 2 rings (SSSR count). The van der Waals surface area contributed by atoms with Gasteiger partial charge < -0.3 is 10.0 Å². The van der Waals surface area contributed by atoms with E-state index in [-0.39, 0.29) is 5.82 Å². The van der Waals surface area contributed by atoms with E-state index in [1.54, 1.807) is 13.0 Å². The maximum atomic E-state index is 13.3. The molecule has 0 radical (unpaired) electrons. The van der Waals surface area contributed by atoms with Gasteiger partial charge in [0, 0.05) is 29.9 Å². The molecule has 0 aliphatic heterocycles. The maximum Gasteiger partial charge on any atom is 0.123 e. The van der Waals surface area contributed by atoms with Crippen LogP contribution in [-0.2, 0) is 6.54 Å². The lowest BCUT2D eigenvalue weighted by Crippen LogP contribution is -2.18. The summed E-state index contributed by atoms with van der Waals surface area (Å²) >= 11 is 5.86. The first-order valence-electron chi connectivity index (χ1n) is 6.40. The van der Waals surface area contributed by atoms with Crippen LogP contribution in [0.4, 0.5) is 10.1 Å². The zero-order valence-corrected chi connectivity index (χ0v) is 12.2. The van der Waals surface area contributed by atoms with E-state index in [0.29, 0.717) is 17.1 Å². The summed E-state index contributed by atoms with van der Waals surface area (Å²) in [5.41, 5.74) is 2.50. The molecule has 0 heterocycles. The molecular formula is C16H17ClFNO. The number of anilines is 1. The molecular weight excluding hydrogens is 277 g/mol. The zero-order valence-electron chi connectivity index (χ0n) is 11.5. The molecule has 0 spiro atoms. The fraction of sp³-hybridized carbons (Fsp3) is 0.250. The van der Waals surface area contributed by atoms with E-state index in [2.05, 4.69) is 0 Å². The van der Waals surface area contributed by atoms with Gasteiger partial charge in [-0.25, -0.2) is 4.39 Å². The molecule has 0 bridgehead atoms. The maximum absolute atomic E-state index is 13.3. The van der Waals surface area contributed by atoms with Crippen LogP contribution in [0.2, 0.25) is 5.02 Å². The Morgan fingerprint density at radius 1 is 1.20 bits per heavy atom. The van der Waals surface area contributed by atoms with E-state index in [1.165, 1.54) is 12.1 Å². The Hall–Kier alpha value is -1.58. The van der Waals surface area contributed by atoms with Gasteiger partial charge in [-0.3, -0.25) is 0 Å². The normalized spacial score (nSPS) is 12.2. The highest BCUT2D eigenvalue weighted by atomic mass is 35.5. The Kier molecular flexibility index (Phi) is 4.63. The van der Waals surface area contributed by atoms with Gasteiger partial charge in [-0.1, -0.05) is 23.7 Å². The van der Waals surface area contributed by atoms with Crippen molar-refractivity contribution >= 4 is 17.3 Å². The van der Waals surface area contributed by atoms with E-state index in [0.717, 1.165) is 11.3 Å². The largest absolute Gasteiger partial charge is 0.389 e. The van der Waals surface area contributed by atoms with Crippen LogP contribution in [0.5, 0.6) is 0 Å². The molecule has 0 amide bonds. The minimum Gasteiger partial charge on any atom is -0.389 e. The van der Waals surface area contributed by atoms with Crippen molar-refractivity contribution in [1.82, 2.24) is 0 Å². The summed E-state index contributed by atoms with van der Waals surface area (Å²) in [5.74, 6) is -0.343. The van der Waals surface area contributed by atoms with Gasteiger partial charge >= 0.3 is 0 Å². The van der Waals surface area contributed by atoms with Crippen molar-refractivity contribution in [2.24, 2.45) is 0 Å². The minimum absolute atomic E-state index is 0.343. The average Bonchev–Trinajstić information content (AvgIpc) is 2.41. The van der Waals surface area contributed by atoms with Gasteiger partial charge in [0.1, 0.15) is 5.82 Å². The van der Waals surface area contributed by atoms with E-state index in [4.69, 9.17) is 11.6 Å². The van der Waals surface area contributed by atoms with Crippen LogP contribution in [0.15, 0.2) is 42.5 Å². The minimum atomic E-state index is -0.714. The van der Waals surface area contributed by atoms with Crippen LogP contribution in [-0.4, -0.2) is 12.2 Å². The molecule has 0 unspecified atom stereocenters. The third-order valence-corrected chi connectivity index (χ3v) is 3.44. The topological polar surface area (TPSA) is 23.5 Å². The van der Waals surface area contributed by atoms with Gasteiger partial charge in [0.2, 0.25) is 0 Å². The van der Waals surface area contributed by atoms with Gasteiger partial charge in [0.25, 0.3) is 0 Å². The van der Waals surface area contributed by atoms with Gasteiger partial charge in [0.15, 0.2) is 0 Å². The molecule has 4 heteroatoms. The van der Waals surface area contributed by atoms with Crippen molar-refractivity contribution in [2.45, 2.75) is 19.6 Å². The molecule has 1 atom stereocenters. The van der Waals surface area contributed by atoms with Crippen LogP contribution in [0.3, 0.4) is 0 Å². The van der Waals surface area contributed by atoms with Gasteiger partial charge in [0.05, 0.1) is 6.10 Å². The lowest BCUT2D eigenvalue weighted by Gasteiger charge is -2.24. The van der Waals surface area contributed by atoms with Crippen LogP contribution >= 0.6 is 11.6 Å². The predicted molar refractivity (Wildman–Crippen MR) is 80.6 cm³/mol. The van der Waals surface area contributed by atoms with Crippen molar-refractivity contribution in [3.05, 3.63) is 64.4 Å². The van der Waals surface area contributed by atoms with Crippen LogP contribution in [0, 0.1) is 5.82 Å². The summed E-state index contributed by atoms with van der Waals surface area (Å²) in [4.78, 5) is 1.98. The van der Waals surface area contributed by atoms with Crippen molar-refractivity contribution in [1.29, 1.82) is 0 Å². The Morgan fingerprint density at radius 3 is 2.45 bits per heavy atom. The molecule has 0 aromatic heterocycles. The number of aliphatic hydroxyl groups is 1. The van der Waals surface area contributed by atoms with E-state index in [9.17, 15) is 9.50 Å². The Balaban J connectivity index is 2.24. The van der Waals surface area contributed by atoms with E-state index < -0.39 is 6.10 Å². The number of nitrogens with zero attached hydrogens (tertiary/aromatic N) is 1. The number of rotatable bonds is 4. The third kappa shape index (κ3) is 3.50. The number of hydrogen-bond acceptors (Lipinski definition) is 2. The summed E-state index contributed by atoms with van der Waals surface area (Å²) in [5, 5.41) is 10.5. The first kappa shape index (κ1) is 14.8. The molecule has 2 aromatic rings. The molecule has 1 N–H and O–H groups in total. The summed E-state index contributed by atoms with van der Waals surface area (Å²) in [7, 11) is 1.91. The molecule has 0 fully saturated rings. The molecule has 106 valence electrons. The second-order valence-corrected chi connectivity index (χ2v) is 5.30. The first-order chi connectivity index (χ1) is 9.47. The molecule has 0 saturated carbocycles. The standard InChI is InChI=1S/C16H17ClFNO/c1-11(20)15-9-14(18)7-8-16(15)19(2)10-12-3-5-13(17)6-4-12/h3-9,11,20H,10H2,1-2H3/t11-/m0/s1. The molecule has 0 aliphatic carbocycles. The summed E-state index contributed by atoms with van der Waals surface area (Å²) in [6, 6.07) is 12.0. The number of benzene rings is 2. The predicted octanol–water partition coefficient (Wildman–Crippen LogP) is 4.17. The number of aliphatic hydroxyl groups excluding tert-OH is 1. The Morgan fingerprint density at radius 2 is 1.85 bits per heavy atom. The molecule has 0 aliphatic rings. The highest BCUT2D eigenvalue weighted by Crippen LogP contribution is 2.27. The molecule has 20 heavy (non-hydrogen) atoms. The summed E-state index contributed by atoms with van der Waals surface area (Å²) in [6.07, 6.45) is -0.714. The molecule has 2 aromatic carbocycles. The molecule has 0 saturated heterocycles. The van der Waals surface area contributed by atoms with Crippen molar-refractivity contribution < 1.29 is 9.50 Å². The second-order valence-electron chi connectivity index (χ2n) is 4.86. The smallest absolute Gasteiger partial charge is 0.123 e. The monoisotopic (exact) mass is 293 g/mol. The van der Waals surface area contributed by atoms with Gasteiger partial charge in [-0.05, 0) is 42.8 Å². The van der Waals surface area contributed by atoms with E-state index in [1.807, 2.05) is 36.2 Å².